The highest BCUT2D eigenvalue weighted by Crippen LogP contribution is 2.49. The quantitative estimate of drug-likeness (QED) is 0.614. The number of benzene rings is 1. The number of rotatable bonds is 7. The average molecular weight is 415 g/mol. The molecule has 1 heterocycles. The van der Waals surface area contributed by atoms with Crippen LogP contribution in [0.2, 0.25) is 0 Å². The van der Waals surface area contributed by atoms with Gasteiger partial charge in [0.1, 0.15) is 12.4 Å². The molecule has 1 aromatic carbocycles. The number of esters is 1. The Bertz CT molecular complexity index is 896. The molecule has 2 aliphatic rings. The van der Waals surface area contributed by atoms with Crippen LogP contribution in [0.15, 0.2) is 29.6 Å². The Kier molecular flexibility index (Phi) is 5.85. The van der Waals surface area contributed by atoms with Crippen molar-refractivity contribution in [3.63, 3.8) is 0 Å². The molecule has 2 bridgehead atoms. The van der Waals surface area contributed by atoms with Gasteiger partial charge in [0.05, 0.1) is 18.5 Å². The number of thiazole rings is 1. The topological polar surface area (TPSA) is 68.7 Å². The van der Waals surface area contributed by atoms with Crippen LogP contribution in [0.1, 0.15) is 44.7 Å². The average Bonchev–Trinajstić information content (AvgIpc) is 3.44. The van der Waals surface area contributed by atoms with Gasteiger partial charge in [-0.15, -0.1) is 11.3 Å². The first-order valence-corrected chi connectivity index (χ1v) is 11.0. The Balaban J connectivity index is 1.39. The van der Waals surface area contributed by atoms with Crippen molar-refractivity contribution < 1.29 is 19.1 Å². The molecule has 1 amide bonds. The van der Waals surface area contributed by atoms with Gasteiger partial charge in [-0.3, -0.25) is 14.5 Å². The number of carbonyl (C=O) groups excluding carboxylic acids is 2. The predicted octanol–water partition coefficient (Wildman–Crippen LogP) is 4.71. The molecule has 29 heavy (non-hydrogen) atoms. The van der Waals surface area contributed by atoms with Crippen LogP contribution in [0.25, 0.3) is 0 Å². The summed E-state index contributed by atoms with van der Waals surface area (Å²) in [6.45, 7) is 1.62. The molecule has 3 atom stereocenters. The highest BCUT2D eigenvalue weighted by molar-refractivity contribution is 7.14. The molecule has 0 saturated heterocycles. The minimum Gasteiger partial charge on any atom is -0.495 e. The minimum absolute atomic E-state index is 0.133. The number of aromatic nitrogens is 1. The molecule has 2 aromatic rings. The van der Waals surface area contributed by atoms with Gasteiger partial charge in [-0.25, -0.2) is 4.98 Å². The van der Waals surface area contributed by atoms with Crippen LogP contribution in [0.5, 0.6) is 5.75 Å². The lowest BCUT2D eigenvalue weighted by Crippen LogP contribution is -2.23. The van der Waals surface area contributed by atoms with Gasteiger partial charge in [0.2, 0.25) is 5.91 Å². The van der Waals surface area contributed by atoms with E-state index in [9.17, 15) is 9.59 Å². The van der Waals surface area contributed by atoms with Crippen molar-refractivity contribution >= 4 is 34.0 Å². The number of hydrogen-bond acceptors (Lipinski definition) is 6. The number of fused-ring (bicyclic) bond motifs is 2. The standard InChI is InChI=1S/C22H26N2O4S/c1-14(25)24(19-5-3-4-6-20(19)27-2)22-23-18(13-29-22)12-28-21(26)11-17-10-15-7-8-16(17)9-15/h3-6,13,15-17H,7-12H2,1-2H3/t15-,16-,17-/m0/s1. The lowest BCUT2D eigenvalue weighted by molar-refractivity contribution is -0.146. The molecule has 1 aromatic heterocycles. The number of carbonyl (C=O) groups is 2. The second-order valence-corrected chi connectivity index (χ2v) is 8.78. The Morgan fingerprint density at radius 1 is 1.24 bits per heavy atom. The van der Waals surface area contributed by atoms with Gasteiger partial charge in [-0.1, -0.05) is 18.6 Å². The number of anilines is 2. The molecule has 0 unspecified atom stereocenters. The first-order valence-electron chi connectivity index (χ1n) is 10.1. The third-order valence-corrected chi connectivity index (χ3v) is 6.94. The van der Waals surface area contributed by atoms with Crippen LogP contribution >= 0.6 is 11.3 Å². The van der Waals surface area contributed by atoms with Crippen LogP contribution in [0.4, 0.5) is 10.8 Å². The number of ether oxygens (including phenoxy) is 2. The summed E-state index contributed by atoms with van der Waals surface area (Å²) < 4.78 is 10.9. The van der Waals surface area contributed by atoms with Gasteiger partial charge in [-0.05, 0) is 49.1 Å². The van der Waals surface area contributed by atoms with Crippen molar-refractivity contribution in [2.24, 2.45) is 17.8 Å². The van der Waals surface area contributed by atoms with Crippen molar-refractivity contribution in [1.82, 2.24) is 4.98 Å². The van der Waals surface area contributed by atoms with E-state index in [0.717, 1.165) is 5.92 Å². The second-order valence-electron chi connectivity index (χ2n) is 7.95. The van der Waals surface area contributed by atoms with Gasteiger partial charge < -0.3 is 9.47 Å². The van der Waals surface area contributed by atoms with E-state index < -0.39 is 0 Å². The molecule has 6 nitrogen and oxygen atoms in total. The first-order chi connectivity index (χ1) is 14.0. The minimum atomic E-state index is -0.163. The fourth-order valence-electron chi connectivity index (χ4n) is 4.74. The van der Waals surface area contributed by atoms with E-state index >= 15 is 0 Å². The van der Waals surface area contributed by atoms with E-state index in [-0.39, 0.29) is 18.5 Å². The Labute approximate surface area is 174 Å². The summed E-state index contributed by atoms with van der Waals surface area (Å²) in [4.78, 5) is 30.6. The van der Waals surface area contributed by atoms with Crippen LogP contribution in [-0.4, -0.2) is 24.0 Å². The lowest BCUT2D eigenvalue weighted by Gasteiger charge is -2.20. The van der Waals surface area contributed by atoms with E-state index in [4.69, 9.17) is 9.47 Å². The highest BCUT2D eigenvalue weighted by atomic mass is 32.1. The molecule has 0 radical (unpaired) electrons. The fourth-order valence-corrected chi connectivity index (χ4v) is 5.61. The molecule has 154 valence electrons. The summed E-state index contributed by atoms with van der Waals surface area (Å²) in [5, 5.41) is 2.35. The molecule has 4 rings (SSSR count). The number of methoxy groups -OCH3 is 1. The Morgan fingerprint density at radius 2 is 2.07 bits per heavy atom. The third-order valence-electron chi connectivity index (χ3n) is 6.07. The second kappa shape index (κ2) is 8.53. The molecular formula is C22H26N2O4S. The largest absolute Gasteiger partial charge is 0.495 e. The Hall–Kier alpha value is -2.41. The maximum atomic E-state index is 12.3. The monoisotopic (exact) mass is 414 g/mol. The SMILES string of the molecule is COc1ccccc1N(C(C)=O)c1nc(COC(=O)C[C@@H]2C[C@H]3CC[C@H]2C3)cs1. The van der Waals surface area contributed by atoms with E-state index in [1.165, 1.54) is 48.8 Å². The van der Waals surface area contributed by atoms with Crippen LogP contribution in [0, 0.1) is 17.8 Å². The zero-order valence-corrected chi connectivity index (χ0v) is 17.6. The third kappa shape index (κ3) is 4.29. The number of nitrogens with zero attached hydrogens (tertiary/aromatic N) is 2. The van der Waals surface area contributed by atoms with Crippen molar-refractivity contribution in [2.45, 2.75) is 45.6 Å². The summed E-state index contributed by atoms with van der Waals surface area (Å²) in [6, 6.07) is 7.32. The Morgan fingerprint density at radius 3 is 2.76 bits per heavy atom. The number of amides is 1. The maximum absolute atomic E-state index is 12.3. The van der Waals surface area contributed by atoms with Crippen molar-refractivity contribution in [3.05, 3.63) is 35.3 Å². The molecule has 0 aliphatic heterocycles. The molecule has 7 heteroatoms. The summed E-state index contributed by atoms with van der Waals surface area (Å²) in [7, 11) is 1.57. The molecule has 2 fully saturated rings. The van der Waals surface area contributed by atoms with Gasteiger partial charge in [-0.2, -0.15) is 0 Å². The van der Waals surface area contributed by atoms with Gasteiger partial charge >= 0.3 is 5.97 Å². The normalized spacial score (nSPS) is 22.5. The molecular weight excluding hydrogens is 388 g/mol. The van der Waals surface area contributed by atoms with Gasteiger partial charge in [0.25, 0.3) is 0 Å². The van der Waals surface area contributed by atoms with Crippen LogP contribution < -0.4 is 9.64 Å². The van der Waals surface area contributed by atoms with Crippen molar-refractivity contribution in [2.75, 3.05) is 12.0 Å². The number of para-hydroxylation sites is 2. The summed E-state index contributed by atoms with van der Waals surface area (Å²) >= 11 is 1.34. The zero-order chi connectivity index (χ0) is 20.4. The van der Waals surface area contributed by atoms with Crippen LogP contribution in [-0.2, 0) is 20.9 Å². The summed E-state index contributed by atoms with van der Waals surface area (Å²) in [6.07, 6.45) is 5.57. The summed E-state index contributed by atoms with van der Waals surface area (Å²) in [5.41, 5.74) is 1.28. The molecule has 0 spiro atoms. The van der Waals surface area contributed by atoms with E-state index in [2.05, 4.69) is 4.98 Å². The first kappa shape index (κ1) is 19.9. The van der Waals surface area contributed by atoms with Gasteiger partial charge in [0.15, 0.2) is 5.13 Å². The smallest absolute Gasteiger partial charge is 0.306 e. The molecule has 2 aliphatic carbocycles. The van der Waals surface area contributed by atoms with Crippen molar-refractivity contribution in [1.29, 1.82) is 0 Å². The molecule has 2 saturated carbocycles. The lowest BCUT2D eigenvalue weighted by atomic mass is 9.86. The molecule has 0 N–H and O–H groups in total. The van der Waals surface area contributed by atoms with E-state index in [1.54, 1.807) is 13.2 Å². The highest BCUT2D eigenvalue weighted by Gasteiger charge is 2.40. The van der Waals surface area contributed by atoms with E-state index in [1.807, 2.05) is 23.6 Å². The zero-order valence-electron chi connectivity index (χ0n) is 16.8. The fraction of sp³-hybridized carbons (Fsp3) is 0.500. The predicted molar refractivity (Wildman–Crippen MR) is 111 cm³/mol. The van der Waals surface area contributed by atoms with Crippen LogP contribution in [0.3, 0.4) is 0 Å². The number of hydrogen-bond donors (Lipinski definition) is 0. The van der Waals surface area contributed by atoms with E-state index in [0.29, 0.717) is 40.5 Å². The summed E-state index contributed by atoms with van der Waals surface area (Å²) in [5.74, 6) is 2.31. The van der Waals surface area contributed by atoms with Gasteiger partial charge in [0, 0.05) is 18.7 Å². The van der Waals surface area contributed by atoms with Crippen molar-refractivity contribution in [3.8, 4) is 5.75 Å². The maximum Gasteiger partial charge on any atom is 0.306 e.